The maximum Gasteiger partial charge on any atom is 0.195 e. The molecule has 2 rings (SSSR count). The molecule has 0 amide bonds. The van der Waals surface area contributed by atoms with Gasteiger partial charge in [0.2, 0.25) is 0 Å². The minimum absolute atomic E-state index is 0.188. The van der Waals surface area contributed by atoms with Crippen molar-refractivity contribution in [2.45, 2.75) is 6.92 Å². The van der Waals surface area contributed by atoms with Crippen LogP contribution in [-0.4, -0.2) is 12.4 Å². The molecular weight excluding hydrogens is 363 g/mol. The molecule has 0 fully saturated rings. The third-order valence-electron chi connectivity index (χ3n) is 2.68. The lowest BCUT2D eigenvalue weighted by molar-refractivity contribution is 0.103. The lowest BCUT2D eigenvalue weighted by Gasteiger charge is -2.10. The second-order valence-corrected chi connectivity index (χ2v) is 5.67. The molecule has 0 aliphatic heterocycles. The Morgan fingerprint density at radius 1 is 1.15 bits per heavy atom. The number of carbonyl (C=O) groups is 1. The fourth-order valence-corrected chi connectivity index (χ4v) is 2.68. The Bertz CT molecular complexity index is 656. The Morgan fingerprint density at radius 3 is 2.50 bits per heavy atom. The van der Waals surface area contributed by atoms with Crippen molar-refractivity contribution in [3.05, 3.63) is 62.0 Å². The second kappa shape index (κ2) is 6.61. The summed E-state index contributed by atoms with van der Waals surface area (Å²) in [5.41, 5.74) is 0.890. The van der Waals surface area contributed by atoms with Gasteiger partial charge in [0, 0.05) is 21.7 Å². The summed E-state index contributed by atoms with van der Waals surface area (Å²) < 4.78 is 6.06. The summed E-state index contributed by atoms with van der Waals surface area (Å²) in [5, 5.41) is 0.685. The summed E-state index contributed by atoms with van der Waals surface area (Å²) in [7, 11) is 0. The van der Waals surface area contributed by atoms with E-state index in [-0.39, 0.29) is 5.78 Å². The topological polar surface area (TPSA) is 26.3 Å². The van der Waals surface area contributed by atoms with Crippen LogP contribution in [0.1, 0.15) is 22.8 Å². The molecule has 0 heterocycles. The number of carbonyl (C=O) groups excluding carboxylic acids is 1. The van der Waals surface area contributed by atoms with Crippen LogP contribution in [0.2, 0.25) is 10.0 Å². The molecule has 20 heavy (non-hydrogen) atoms. The SMILES string of the molecule is CCOc1cc(Cl)c(C(=O)c2ccccc2Br)cc1Cl. The molecule has 0 aliphatic rings. The van der Waals surface area contributed by atoms with Crippen LogP contribution in [0.4, 0.5) is 0 Å². The Kier molecular flexibility index (Phi) is 5.08. The third kappa shape index (κ3) is 3.17. The van der Waals surface area contributed by atoms with E-state index in [1.165, 1.54) is 6.07 Å². The zero-order valence-electron chi connectivity index (χ0n) is 10.6. The minimum atomic E-state index is -0.188. The van der Waals surface area contributed by atoms with Crippen molar-refractivity contribution in [2.24, 2.45) is 0 Å². The van der Waals surface area contributed by atoms with Crippen molar-refractivity contribution in [2.75, 3.05) is 6.61 Å². The van der Waals surface area contributed by atoms with Gasteiger partial charge < -0.3 is 4.74 Å². The first-order valence-corrected chi connectivity index (χ1v) is 7.50. The summed E-state index contributed by atoms with van der Waals surface area (Å²) in [6, 6.07) is 10.3. The first-order valence-electron chi connectivity index (χ1n) is 5.95. The van der Waals surface area contributed by atoms with Gasteiger partial charge in [-0.15, -0.1) is 0 Å². The lowest BCUT2D eigenvalue weighted by Crippen LogP contribution is -2.04. The Labute approximate surface area is 135 Å². The molecule has 0 spiro atoms. The normalized spacial score (nSPS) is 10.4. The van der Waals surface area contributed by atoms with E-state index in [2.05, 4.69) is 15.9 Å². The van der Waals surface area contributed by atoms with Gasteiger partial charge in [-0.25, -0.2) is 0 Å². The van der Waals surface area contributed by atoms with Gasteiger partial charge in [-0.1, -0.05) is 51.3 Å². The molecule has 0 bridgehead atoms. The van der Waals surface area contributed by atoms with Gasteiger partial charge in [0.15, 0.2) is 5.78 Å². The standard InChI is InChI=1S/C15H11BrCl2O2/c1-2-20-14-8-12(17)10(7-13(14)18)15(19)9-5-3-4-6-11(9)16/h3-8H,2H2,1H3. The fraction of sp³-hybridized carbons (Fsp3) is 0.133. The second-order valence-electron chi connectivity index (χ2n) is 4.00. The summed E-state index contributed by atoms with van der Waals surface area (Å²) in [5.74, 6) is 0.287. The molecule has 104 valence electrons. The maximum absolute atomic E-state index is 12.5. The number of benzene rings is 2. The number of rotatable bonds is 4. The zero-order valence-corrected chi connectivity index (χ0v) is 13.7. The predicted molar refractivity (Wildman–Crippen MR) is 85.2 cm³/mol. The molecule has 0 radical (unpaired) electrons. The highest BCUT2D eigenvalue weighted by molar-refractivity contribution is 9.10. The molecule has 2 nitrogen and oxygen atoms in total. The molecule has 2 aromatic rings. The van der Waals surface area contributed by atoms with Crippen LogP contribution in [-0.2, 0) is 0 Å². The summed E-state index contributed by atoms with van der Waals surface area (Å²) >= 11 is 15.6. The highest BCUT2D eigenvalue weighted by Gasteiger charge is 2.18. The zero-order chi connectivity index (χ0) is 14.7. The summed E-state index contributed by atoms with van der Waals surface area (Å²) in [6.45, 7) is 2.33. The maximum atomic E-state index is 12.5. The number of hydrogen-bond donors (Lipinski definition) is 0. The molecular formula is C15H11BrCl2O2. The Hall–Kier alpha value is -1.03. The van der Waals surface area contributed by atoms with Gasteiger partial charge in [-0.05, 0) is 25.1 Å². The molecule has 0 saturated carbocycles. The number of hydrogen-bond acceptors (Lipinski definition) is 2. The van der Waals surface area contributed by atoms with E-state index >= 15 is 0 Å². The van der Waals surface area contributed by atoms with Crippen LogP contribution in [0.3, 0.4) is 0 Å². The van der Waals surface area contributed by atoms with E-state index in [9.17, 15) is 4.79 Å². The van der Waals surface area contributed by atoms with Crippen molar-refractivity contribution < 1.29 is 9.53 Å². The average molecular weight is 374 g/mol. The third-order valence-corrected chi connectivity index (χ3v) is 3.98. The monoisotopic (exact) mass is 372 g/mol. The highest BCUT2D eigenvalue weighted by Crippen LogP contribution is 2.33. The molecule has 0 aromatic heterocycles. The summed E-state index contributed by atoms with van der Waals surface area (Å²) in [6.07, 6.45) is 0. The van der Waals surface area contributed by atoms with E-state index in [4.69, 9.17) is 27.9 Å². The van der Waals surface area contributed by atoms with Gasteiger partial charge in [0.05, 0.1) is 16.7 Å². The van der Waals surface area contributed by atoms with E-state index in [0.717, 1.165) is 0 Å². The fourth-order valence-electron chi connectivity index (χ4n) is 1.76. The van der Waals surface area contributed by atoms with Crippen LogP contribution >= 0.6 is 39.1 Å². The molecule has 5 heteroatoms. The van der Waals surface area contributed by atoms with E-state index in [1.54, 1.807) is 24.3 Å². The highest BCUT2D eigenvalue weighted by atomic mass is 79.9. The average Bonchev–Trinajstić information content (AvgIpc) is 2.42. The van der Waals surface area contributed by atoms with Crippen LogP contribution in [0, 0.1) is 0 Å². The quantitative estimate of drug-likeness (QED) is 0.672. The molecule has 0 N–H and O–H groups in total. The molecule has 0 atom stereocenters. The van der Waals surface area contributed by atoms with Crippen molar-refractivity contribution >= 4 is 44.9 Å². The van der Waals surface area contributed by atoms with E-state index < -0.39 is 0 Å². The van der Waals surface area contributed by atoms with Gasteiger partial charge >= 0.3 is 0 Å². The predicted octanol–water partition coefficient (Wildman–Crippen LogP) is 5.39. The molecule has 0 aliphatic carbocycles. The minimum Gasteiger partial charge on any atom is -0.492 e. The van der Waals surface area contributed by atoms with Crippen molar-refractivity contribution in [1.29, 1.82) is 0 Å². The summed E-state index contributed by atoms with van der Waals surface area (Å²) in [4.78, 5) is 12.5. The molecule has 0 unspecified atom stereocenters. The Morgan fingerprint density at radius 2 is 1.85 bits per heavy atom. The largest absolute Gasteiger partial charge is 0.492 e. The Balaban J connectivity index is 2.46. The van der Waals surface area contributed by atoms with Crippen molar-refractivity contribution in [3.63, 3.8) is 0 Å². The number of halogens is 3. The smallest absolute Gasteiger partial charge is 0.195 e. The van der Waals surface area contributed by atoms with Crippen molar-refractivity contribution in [1.82, 2.24) is 0 Å². The van der Waals surface area contributed by atoms with Crippen LogP contribution in [0.15, 0.2) is 40.9 Å². The van der Waals surface area contributed by atoms with Gasteiger partial charge in [-0.2, -0.15) is 0 Å². The molecule has 2 aromatic carbocycles. The first kappa shape index (κ1) is 15.4. The van der Waals surface area contributed by atoms with Crippen LogP contribution < -0.4 is 4.74 Å². The number of ketones is 1. The lowest BCUT2D eigenvalue weighted by atomic mass is 10.0. The van der Waals surface area contributed by atoms with Crippen LogP contribution in [0.25, 0.3) is 0 Å². The van der Waals surface area contributed by atoms with Gasteiger partial charge in [0.25, 0.3) is 0 Å². The molecule has 0 saturated heterocycles. The number of ether oxygens (including phenoxy) is 1. The van der Waals surface area contributed by atoms with Gasteiger partial charge in [0.1, 0.15) is 5.75 Å². The van der Waals surface area contributed by atoms with E-state index in [1.807, 2.05) is 13.0 Å². The van der Waals surface area contributed by atoms with E-state index in [0.29, 0.717) is 38.0 Å². The first-order chi connectivity index (χ1) is 9.54. The van der Waals surface area contributed by atoms with Crippen molar-refractivity contribution in [3.8, 4) is 5.75 Å². The van der Waals surface area contributed by atoms with Gasteiger partial charge in [-0.3, -0.25) is 4.79 Å². The van der Waals surface area contributed by atoms with Crippen LogP contribution in [0.5, 0.6) is 5.75 Å².